The van der Waals surface area contributed by atoms with Crippen LogP contribution in [0.3, 0.4) is 0 Å². The normalized spacial score (nSPS) is 14.3. The zero-order chi connectivity index (χ0) is 17.2. The maximum atomic E-state index is 5.84. The first kappa shape index (κ1) is 16.2. The molecule has 0 atom stereocenters. The lowest BCUT2D eigenvalue weighted by molar-refractivity contribution is 0.125. The third-order valence-electron chi connectivity index (χ3n) is 5.17. The fraction of sp³-hybridized carbons (Fsp3) is 0.364. The van der Waals surface area contributed by atoms with Gasteiger partial charge in [-0.2, -0.15) is 0 Å². The number of rotatable bonds is 4. The van der Waals surface area contributed by atoms with Crippen molar-refractivity contribution in [2.45, 2.75) is 39.3 Å². The molecule has 3 heteroatoms. The monoisotopic (exact) mass is 335 g/mol. The van der Waals surface area contributed by atoms with E-state index in [-0.39, 0.29) is 0 Å². The van der Waals surface area contributed by atoms with Gasteiger partial charge in [0.25, 0.3) is 0 Å². The van der Waals surface area contributed by atoms with Crippen molar-refractivity contribution >= 4 is 10.9 Å². The topological polar surface area (TPSA) is 23.4 Å². The molecule has 1 aliphatic rings. The number of hydrogen-bond acceptors (Lipinski definition) is 2. The Morgan fingerprint density at radius 2 is 1.96 bits per heavy atom. The van der Waals surface area contributed by atoms with Crippen LogP contribution in [0.1, 0.15) is 28.8 Å². The zero-order valence-electron chi connectivity index (χ0n) is 15.0. The Labute approximate surface area is 149 Å². The number of hydrogen-bond donors (Lipinski definition) is 0. The second-order valence-electron chi connectivity index (χ2n) is 6.85. The van der Waals surface area contributed by atoms with Crippen molar-refractivity contribution in [3.63, 3.8) is 0 Å². The molecule has 0 aliphatic carbocycles. The van der Waals surface area contributed by atoms with Gasteiger partial charge >= 0.3 is 0 Å². The van der Waals surface area contributed by atoms with Crippen LogP contribution in [0.25, 0.3) is 10.9 Å². The van der Waals surface area contributed by atoms with Gasteiger partial charge in [0, 0.05) is 35.3 Å². The van der Waals surface area contributed by atoms with Gasteiger partial charge in [-0.3, -0.25) is 0 Å². The molecule has 1 aliphatic heterocycles. The van der Waals surface area contributed by atoms with Crippen LogP contribution in [0.4, 0.5) is 0 Å². The summed E-state index contributed by atoms with van der Waals surface area (Å²) in [7, 11) is 1.71. The summed E-state index contributed by atoms with van der Waals surface area (Å²) in [4.78, 5) is 0. The van der Waals surface area contributed by atoms with E-state index in [2.05, 4.69) is 41.8 Å². The van der Waals surface area contributed by atoms with E-state index in [1.165, 1.54) is 33.3 Å². The molecule has 1 aromatic heterocycles. The number of benzene rings is 2. The summed E-state index contributed by atoms with van der Waals surface area (Å²) in [5.74, 6) is 0.914. The highest BCUT2D eigenvalue weighted by molar-refractivity contribution is 5.86. The minimum absolute atomic E-state index is 0.741. The average Bonchev–Trinajstić information content (AvgIpc) is 2.78. The van der Waals surface area contributed by atoms with Crippen LogP contribution in [0.2, 0.25) is 0 Å². The van der Waals surface area contributed by atoms with Crippen LogP contribution in [0.5, 0.6) is 5.75 Å². The SMILES string of the molecule is COc1ccc(CCn2c3c(c4cc(C)ccc42)COCCC3)cc1. The predicted molar refractivity (Wildman–Crippen MR) is 101 cm³/mol. The Kier molecular flexibility index (Phi) is 4.50. The first-order valence-corrected chi connectivity index (χ1v) is 9.07. The van der Waals surface area contributed by atoms with Crippen LogP contribution < -0.4 is 4.74 Å². The predicted octanol–water partition coefficient (Wildman–Crippen LogP) is 4.66. The van der Waals surface area contributed by atoms with Crippen molar-refractivity contribution in [2.24, 2.45) is 0 Å². The maximum absolute atomic E-state index is 5.84. The molecule has 2 heterocycles. The third-order valence-corrected chi connectivity index (χ3v) is 5.17. The highest BCUT2D eigenvalue weighted by Crippen LogP contribution is 2.31. The lowest BCUT2D eigenvalue weighted by Crippen LogP contribution is -2.06. The first-order valence-electron chi connectivity index (χ1n) is 9.07. The van der Waals surface area contributed by atoms with Crippen LogP contribution in [0, 0.1) is 6.92 Å². The largest absolute Gasteiger partial charge is 0.497 e. The number of aromatic nitrogens is 1. The summed E-state index contributed by atoms with van der Waals surface area (Å²) in [6.45, 7) is 4.77. The average molecular weight is 335 g/mol. The van der Waals surface area contributed by atoms with Crippen molar-refractivity contribution < 1.29 is 9.47 Å². The molecule has 0 amide bonds. The standard InChI is InChI=1S/C22H25NO2/c1-16-5-10-22-19(14-16)20-15-25-13-3-4-21(20)23(22)12-11-17-6-8-18(24-2)9-7-17/h5-10,14H,3-4,11-13,15H2,1-2H3. The number of nitrogens with zero attached hydrogens (tertiary/aromatic N) is 1. The Morgan fingerprint density at radius 3 is 2.76 bits per heavy atom. The summed E-state index contributed by atoms with van der Waals surface area (Å²) in [5.41, 5.74) is 6.85. The van der Waals surface area contributed by atoms with Crippen molar-refractivity contribution in [2.75, 3.05) is 13.7 Å². The highest BCUT2D eigenvalue weighted by atomic mass is 16.5. The molecule has 0 unspecified atom stereocenters. The Morgan fingerprint density at radius 1 is 1.12 bits per heavy atom. The zero-order valence-corrected chi connectivity index (χ0v) is 15.0. The van der Waals surface area contributed by atoms with Gasteiger partial charge in [-0.25, -0.2) is 0 Å². The number of fused-ring (bicyclic) bond motifs is 3. The molecule has 0 spiro atoms. The summed E-state index contributed by atoms with van der Waals surface area (Å²) >= 11 is 0. The van der Waals surface area contributed by atoms with Gasteiger partial charge in [0.2, 0.25) is 0 Å². The molecule has 0 radical (unpaired) electrons. The summed E-state index contributed by atoms with van der Waals surface area (Å²) in [5, 5.41) is 1.37. The van der Waals surface area contributed by atoms with Gasteiger partial charge in [-0.05, 0) is 56.0 Å². The molecule has 3 nitrogen and oxygen atoms in total. The number of methoxy groups -OCH3 is 1. The van der Waals surface area contributed by atoms with E-state index in [1.54, 1.807) is 7.11 Å². The Bertz CT molecular complexity index is 877. The molecule has 4 rings (SSSR count). The number of aryl methyl sites for hydroxylation is 3. The molecular formula is C22H25NO2. The lowest BCUT2D eigenvalue weighted by Gasteiger charge is -2.11. The Balaban J connectivity index is 1.69. The third kappa shape index (κ3) is 3.16. The quantitative estimate of drug-likeness (QED) is 0.692. The number of ether oxygens (including phenoxy) is 2. The molecule has 0 saturated heterocycles. The van der Waals surface area contributed by atoms with E-state index in [1.807, 2.05) is 12.1 Å². The fourth-order valence-corrected chi connectivity index (χ4v) is 3.84. The first-order chi connectivity index (χ1) is 12.3. The van der Waals surface area contributed by atoms with Crippen molar-refractivity contribution in [3.8, 4) is 5.75 Å². The van der Waals surface area contributed by atoms with Crippen molar-refractivity contribution in [1.29, 1.82) is 0 Å². The van der Waals surface area contributed by atoms with Crippen molar-refractivity contribution in [3.05, 3.63) is 64.8 Å². The van der Waals surface area contributed by atoms with Crippen molar-refractivity contribution in [1.82, 2.24) is 4.57 Å². The van der Waals surface area contributed by atoms with E-state index in [4.69, 9.17) is 9.47 Å². The van der Waals surface area contributed by atoms with Crippen LogP contribution >= 0.6 is 0 Å². The van der Waals surface area contributed by atoms with Gasteiger partial charge < -0.3 is 14.0 Å². The van der Waals surface area contributed by atoms with Gasteiger partial charge in [0.15, 0.2) is 0 Å². The van der Waals surface area contributed by atoms with E-state index in [9.17, 15) is 0 Å². The van der Waals surface area contributed by atoms with Gasteiger partial charge in [-0.1, -0.05) is 23.8 Å². The van der Waals surface area contributed by atoms with E-state index >= 15 is 0 Å². The molecule has 25 heavy (non-hydrogen) atoms. The molecule has 0 N–H and O–H groups in total. The summed E-state index contributed by atoms with van der Waals surface area (Å²) in [6, 6.07) is 15.2. The molecule has 2 aromatic carbocycles. The van der Waals surface area contributed by atoms with E-state index in [0.717, 1.165) is 44.8 Å². The van der Waals surface area contributed by atoms with E-state index in [0.29, 0.717) is 0 Å². The second-order valence-corrected chi connectivity index (χ2v) is 6.85. The molecular weight excluding hydrogens is 310 g/mol. The summed E-state index contributed by atoms with van der Waals surface area (Å²) < 4.78 is 13.6. The van der Waals surface area contributed by atoms with Gasteiger partial charge in [-0.15, -0.1) is 0 Å². The summed E-state index contributed by atoms with van der Waals surface area (Å²) in [6.07, 6.45) is 3.23. The lowest BCUT2D eigenvalue weighted by atomic mass is 10.1. The van der Waals surface area contributed by atoms with Crippen LogP contribution in [0.15, 0.2) is 42.5 Å². The van der Waals surface area contributed by atoms with E-state index < -0.39 is 0 Å². The minimum Gasteiger partial charge on any atom is -0.497 e. The molecule has 0 bridgehead atoms. The maximum Gasteiger partial charge on any atom is 0.118 e. The molecule has 0 fully saturated rings. The van der Waals surface area contributed by atoms with Crippen LogP contribution in [-0.2, 0) is 30.7 Å². The molecule has 3 aromatic rings. The molecule has 130 valence electrons. The van der Waals surface area contributed by atoms with Crippen LogP contribution in [-0.4, -0.2) is 18.3 Å². The van der Waals surface area contributed by atoms with Gasteiger partial charge in [0.1, 0.15) is 5.75 Å². The highest BCUT2D eigenvalue weighted by Gasteiger charge is 2.19. The molecule has 0 saturated carbocycles. The van der Waals surface area contributed by atoms with Gasteiger partial charge in [0.05, 0.1) is 13.7 Å². The smallest absolute Gasteiger partial charge is 0.118 e. The minimum atomic E-state index is 0.741. The second kappa shape index (κ2) is 6.93. The Hall–Kier alpha value is -2.26. The fourth-order valence-electron chi connectivity index (χ4n) is 3.84.